The standard InChI is InChI=1S/C10H10BrClN6O3/c11-7-8(15-16-9(7)18(20)21)10(19)13-2-1-3-17-5-6(12)4-14-17/h4-5H,1-3H2,(H,13,19)(H,15,16). The minimum absolute atomic E-state index is 0.0314. The molecule has 0 aliphatic rings. The Balaban J connectivity index is 1.83. The van der Waals surface area contributed by atoms with Crippen LogP contribution in [-0.4, -0.2) is 37.4 Å². The van der Waals surface area contributed by atoms with Gasteiger partial charge in [0, 0.05) is 19.3 Å². The number of nitrogens with zero attached hydrogens (tertiary/aromatic N) is 4. The van der Waals surface area contributed by atoms with E-state index in [4.69, 9.17) is 11.6 Å². The summed E-state index contributed by atoms with van der Waals surface area (Å²) in [5, 5.41) is 23.6. The number of nitrogens with one attached hydrogen (secondary N) is 2. The normalized spacial score (nSPS) is 10.6. The molecule has 2 heterocycles. The number of rotatable bonds is 6. The monoisotopic (exact) mass is 376 g/mol. The smallest absolute Gasteiger partial charge is 0.357 e. The second-order valence-corrected chi connectivity index (χ2v) is 5.25. The maximum Gasteiger partial charge on any atom is 0.357 e. The fraction of sp³-hybridized carbons (Fsp3) is 0.300. The first kappa shape index (κ1) is 15.4. The van der Waals surface area contributed by atoms with E-state index in [1.54, 1.807) is 10.9 Å². The van der Waals surface area contributed by atoms with Crippen molar-refractivity contribution in [2.45, 2.75) is 13.0 Å². The van der Waals surface area contributed by atoms with Crippen molar-refractivity contribution >= 4 is 39.3 Å². The van der Waals surface area contributed by atoms with Crippen LogP contribution in [0.15, 0.2) is 16.9 Å². The maximum atomic E-state index is 11.8. The Morgan fingerprint density at radius 2 is 2.38 bits per heavy atom. The number of amides is 1. The molecule has 2 aromatic rings. The average molecular weight is 378 g/mol. The van der Waals surface area contributed by atoms with Crippen molar-refractivity contribution in [2.75, 3.05) is 6.54 Å². The molecule has 21 heavy (non-hydrogen) atoms. The summed E-state index contributed by atoms with van der Waals surface area (Å²) in [7, 11) is 0. The summed E-state index contributed by atoms with van der Waals surface area (Å²) in [4.78, 5) is 21.8. The van der Waals surface area contributed by atoms with Crippen LogP contribution in [0.25, 0.3) is 0 Å². The molecule has 0 radical (unpaired) electrons. The van der Waals surface area contributed by atoms with Gasteiger partial charge >= 0.3 is 5.82 Å². The lowest BCUT2D eigenvalue weighted by Crippen LogP contribution is -2.26. The summed E-state index contributed by atoms with van der Waals surface area (Å²) < 4.78 is 1.69. The highest BCUT2D eigenvalue weighted by Gasteiger charge is 2.24. The molecule has 2 rings (SSSR count). The molecule has 112 valence electrons. The van der Waals surface area contributed by atoms with E-state index in [-0.39, 0.29) is 16.0 Å². The third-order valence-corrected chi connectivity index (χ3v) is 3.48. The van der Waals surface area contributed by atoms with E-state index in [0.29, 0.717) is 24.5 Å². The van der Waals surface area contributed by atoms with E-state index in [2.05, 4.69) is 36.5 Å². The number of H-pyrrole nitrogens is 1. The van der Waals surface area contributed by atoms with Crippen LogP contribution in [0.3, 0.4) is 0 Å². The molecule has 0 fully saturated rings. The van der Waals surface area contributed by atoms with Crippen LogP contribution >= 0.6 is 27.5 Å². The van der Waals surface area contributed by atoms with Crippen LogP contribution in [0.1, 0.15) is 16.9 Å². The molecule has 0 aromatic carbocycles. The van der Waals surface area contributed by atoms with E-state index >= 15 is 0 Å². The molecule has 11 heteroatoms. The van der Waals surface area contributed by atoms with Gasteiger partial charge in [-0.05, 0) is 27.3 Å². The lowest BCUT2D eigenvalue weighted by molar-refractivity contribution is -0.390. The first-order valence-electron chi connectivity index (χ1n) is 5.83. The van der Waals surface area contributed by atoms with Crippen molar-refractivity contribution in [1.29, 1.82) is 0 Å². The van der Waals surface area contributed by atoms with Gasteiger partial charge in [0.15, 0.2) is 5.69 Å². The van der Waals surface area contributed by atoms with Gasteiger partial charge < -0.3 is 15.4 Å². The second-order valence-electron chi connectivity index (χ2n) is 4.02. The third kappa shape index (κ3) is 3.79. The molecule has 0 spiro atoms. The molecule has 1 amide bonds. The largest absolute Gasteiger partial charge is 0.358 e. The number of hydrogen-bond donors (Lipinski definition) is 2. The SMILES string of the molecule is O=C(NCCCn1cc(Cl)cn1)c1n[nH]c([N+](=O)[O-])c1Br. The van der Waals surface area contributed by atoms with Gasteiger partial charge in [0.05, 0.1) is 11.2 Å². The Kier molecular flexibility index (Phi) is 4.91. The van der Waals surface area contributed by atoms with Gasteiger partial charge in [-0.15, -0.1) is 5.10 Å². The van der Waals surface area contributed by atoms with Gasteiger partial charge in [0.1, 0.15) is 4.47 Å². The van der Waals surface area contributed by atoms with Crippen molar-refractivity contribution in [3.8, 4) is 0 Å². The number of aromatic amines is 1. The number of nitro groups is 1. The summed E-state index contributed by atoms with van der Waals surface area (Å²) >= 11 is 8.70. The Hall–Kier alpha value is -1.94. The quantitative estimate of drug-likeness (QED) is 0.451. The summed E-state index contributed by atoms with van der Waals surface area (Å²) in [6.45, 7) is 0.971. The number of aryl methyl sites for hydroxylation is 1. The highest BCUT2D eigenvalue weighted by molar-refractivity contribution is 9.10. The van der Waals surface area contributed by atoms with Crippen molar-refractivity contribution in [2.24, 2.45) is 0 Å². The zero-order valence-electron chi connectivity index (χ0n) is 10.5. The van der Waals surface area contributed by atoms with Gasteiger partial charge in [-0.2, -0.15) is 5.10 Å². The van der Waals surface area contributed by atoms with Crippen LogP contribution in [0.5, 0.6) is 0 Å². The number of carbonyl (C=O) groups excluding carboxylic acids is 1. The molecule has 0 aliphatic carbocycles. The van der Waals surface area contributed by atoms with Crippen molar-refractivity contribution < 1.29 is 9.72 Å². The average Bonchev–Trinajstić information content (AvgIpc) is 3.00. The molecule has 2 N–H and O–H groups in total. The number of halogens is 2. The molecular formula is C10H10BrClN6O3. The summed E-state index contributed by atoms with van der Waals surface area (Å²) in [6.07, 6.45) is 3.84. The van der Waals surface area contributed by atoms with Crippen LogP contribution < -0.4 is 5.32 Å². The minimum atomic E-state index is -0.657. The molecule has 9 nitrogen and oxygen atoms in total. The van der Waals surface area contributed by atoms with E-state index in [0.717, 1.165) is 0 Å². The Morgan fingerprint density at radius 1 is 1.62 bits per heavy atom. The Bertz CT molecular complexity index is 670. The van der Waals surface area contributed by atoms with Crippen molar-refractivity contribution in [3.05, 3.63) is 37.7 Å². The molecular weight excluding hydrogens is 368 g/mol. The third-order valence-electron chi connectivity index (χ3n) is 2.54. The molecule has 0 aliphatic heterocycles. The highest BCUT2D eigenvalue weighted by Crippen LogP contribution is 2.25. The first-order valence-corrected chi connectivity index (χ1v) is 7.00. The minimum Gasteiger partial charge on any atom is -0.358 e. The molecule has 0 atom stereocenters. The van der Waals surface area contributed by atoms with Crippen molar-refractivity contribution in [3.63, 3.8) is 0 Å². The topological polar surface area (TPSA) is 119 Å². The molecule has 2 aromatic heterocycles. The molecule has 0 unspecified atom stereocenters. The maximum absolute atomic E-state index is 11.8. The zero-order chi connectivity index (χ0) is 15.4. The van der Waals surface area contributed by atoms with E-state index < -0.39 is 10.8 Å². The number of hydrogen-bond acceptors (Lipinski definition) is 5. The fourth-order valence-electron chi connectivity index (χ4n) is 1.58. The van der Waals surface area contributed by atoms with Crippen LogP contribution in [0, 0.1) is 10.1 Å². The molecule has 0 bridgehead atoms. The lowest BCUT2D eigenvalue weighted by atomic mass is 10.3. The number of aromatic nitrogens is 4. The van der Waals surface area contributed by atoms with E-state index in [1.807, 2.05) is 0 Å². The highest BCUT2D eigenvalue weighted by atomic mass is 79.9. The van der Waals surface area contributed by atoms with Gasteiger partial charge in [0.2, 0.25) is 0 Å². The van der Waals surface area contributed by atoms with Gasteiger partial charge in [-0.25, -0.2) is 0 Å². The van der Waals surface area contributed by atoms with Gasteiger partial charge in [-0.1, -0.05) is 16.7 Å². The predicted octanol–water partition coefficient (Wildman–Crippen LogP) is 1.75. The van der Waals surface area contributed by atoms with Crippen LogP contribution in [-0.2, 0) is 6.54 Å². The second kappa shape index (κ2) is 6.68. The zero-order valence-corrected chi connectivity index (χ0v) is 12.9. The van der Waals surface area contributed by atoms with Gasteiger partial charge in [0.25, 0.3) is 5.91 Å². The summed E-state index contributed by atoms with van der Waals surface area (Å²) in [5.41, 5.74) is -0.0520. The lowest BCUT2D eigenvalue weighted by Gasteiger charge is -2.03. The fourth-order valence-corrected chi connectivity index (χ4v) is 2.24. The summed E-state index contributed by atoms with van der Waals surface area (Å²) in [5.74, 6) is -0.851. The van der Waals surface area contributed by atoms with E-state index in [9.17, 15) is 14.9 Å². The van der Waals surface area contributed by atoms with Crippen LogP contribution in [0.4, 0.5) is 5.82 Å². The number of carbonyl (C=O) groups is 1. The Labute approximate surface area is 131 Å². The van der Waals surface area contributed by atoms with E-state index in [1.165, 1.54) is 6.20 Å². The first-order chi connectivity index (χ1) is 9.99. The van der Waals surface area contributed by atoms with Gasteiger partial charge in [-0.3, -0.25) is 9.48 Å². The van der Waals surface area contributed by atoms with Crippen LogP contribution in [0.2, 0.25) is 5.02 Å². The van der Waals surface area contributed by atoms with Crippen molar-refractivity contribution in [1.82, 2.24) is 25.3 Å². The Morgan fingerprint density at radius 3 is 2.95 bits per heavy atom. The summed E-state index contributed by atoms with van der Waals surface area (Å²) in [6, 6.07) is 0. The predicted molar refractivity (Wildman–Crippen MR) is 77.1 cm³/mol. The molecule has 0 saturated carbocycles. The molecule has 0 saturated heterocycles.